The summed E-state index contributed by atoms with van der Waals surface area (Å²) in [5.74, 6) is 1.79. The van der Waals surface area contributed by atoms with E-state index in [9.17, 15) is 0 Å². The lowest BCUT2D eigenvalue weighted by Crippen LogP contribution is -2.07. The summed E-state index contributed by atoms with van der Waals surface area (Å²) in [6, 6.07) is 16.1. The lowest BCUT2D eigenvalue weighted by molar-refractivity contribution is 0.301. The van der Waals surface area contributed by atoms with Gasteiger partial charge >= 0.3 is 0 Å². The molecule has 106 valence electrons. The molecule has 1 unspecified atom stereocenters. The zero-order chi connectivity index (χ0) is 14.4. The van der Waals surface area contributed by atoms with Gasteiger partial charge in [0.2, 0.25) is 0 Å². The Kier molecular flexibility index (Phi) is 6.40. The van der Waals surface area contributed by atoms with Crippen LogP contribution in [0.1, 0.15) is 17.9 Å². The van der Waals surface area contributed by atoms with Gasteiger partial charge in [-0.15, -0.1) is 11.6 Å². The Balaban J connectivity index is 1.89. The number of ether oxygens (including phenoxy) is 1. The van der Waals surface area contributed by atoms with Gasteiger partial charge in [0, 0.05) is 20.7 Å². The lowest BCUT2D eigenvalue weighted by atomic mass is 9.98. The fourth-order valence-corrected chi connectivity index (χ4v) is 2.96. The quantitative estimate of drug-likeness (QED) is 0.523. The summed E-state index contributed by atoms with van der Waals surface area (Å²) >= 11 is 13.0. The molecule has 20 heavy (non-hydrogen) atoms. The first-order valence-electron chi connectivity index (χ1n) is 6.39. The molecule has 2 aromatic carbocycles. The third-order valence-electron chi connectivity index (χ3n) is 3.06. The van der Waals surface area contributed by atoms with E-state index in [-0.39, 0.29) is 0 Å². The van der Waals surface area contributed by atoms with Gasteiger partial charge < -0.3 is 4.74 Å². The van der Waals surface area contributed by atoms with Crippen molar-refractivity contribution in [1.29, 1.82) is 0 Å². The third-order valence-corrected chi connectivity index (χ3v) is 4.45. The molecule has 0 saturated heterocycles. The molecule has 4 heteroatoms. The van der Waals surface area contributed by atoms with Crippen LogP contribution in [0.25, 0.3) is 0 Å². The van der Waals surface area contributed by atoms with Gasteiger partial charge in [-0.05, 0) is 48.4 Å². The molecule has 0 spiro atoms. The molecule has 0 amide bonds. The number of benzene rings is 2. The molecule has 0 aromatic heterocycles. The van der Waals surface area contributed by atoms with Gasteiger partial charge in [-0.3, -0.25) is 0 Å². The second kappa shape index (κ2) is 8.06. The van der Waals surface area contributed by atoms with Crippen molar-refractivity contribution in [2.24, 2.45) is 0 Å². The van der Waals surface area contributed by atoms with Crippen LogP contribution >= 0.6 is 43.5 Å². The van der Waals surface area contributed by atoms with Crippen LogP contribution in [0.4, 0.5) is 0 Å². The number of hydrogen-bond acceptors (Lipinski definition) is 1. The monoisotopic (exact) mass is 416 g/mol. The van der Waals surface area contributed by atoms with Gasteiger partial charge in [0.05, 0.1) is 6.61 Å². The molecule has 1 atom stereocenters. The highest BCUT2D eigenvalue weighted by Gasteiger charge is 2.11. The number of alkyl halides is 1. The van der Waals surface area contributed by atoms with E-state index in [1.54, 1.807) is 0 Å². The first-order valence-corrected chi connectivity index (χ1v) is 8.51. The van der Waals surface area contributed by atoms with Crippen LogP contribution in [0.2, 0.25) is 0 Å². The van der Waals surface area contributed by atoms with E-state index < -0.39 is 0 Å². The number of hydrogen-bond donors (Lipinski definition) is 0. The van der Waals surface area contributed by atoms with E-state index in [4.69, 9.17) is 16.3 Å². The molecule has 0 N–H and O–H groups in total. The molecular formula is C16H15Br2ClO. The zero-order valence-electron chi connectivity index (χ0n) is 10.9. The van der Waals surface area contributed by atoms with Gasteiger partial charge in [0.15, 0.2) is 0 Å². The maximum Gasteiger partial charge on any atom is 0.119 e. The average Bonchev–Trinajstić information content (AvgIpc) is 2.45. The van der Waals surface area contributed by atoms with E-state index in [1.165, 1.54) is 5.56 Å². The van der Waals surface area contributed by atoms with Crippen LogP contribution in [0.15, 0.2) is 57.5 Å². The molecule has 0 aliphatic rings. The molecule has 2 rings (SSSR count). The molecular weight excluding hydrogens is 403 g/mol. The van der Waals surface area contributed by atoms with Crippen LogP contribution in [-0.4, -0.2) is 12.5 Å². The summed E-state index contributed by atoms with van der Waals surface area (Å²) in [7, 11) is 0. The van der Waals surface area contributed by atoms with Crippen molar-refractivity contribution in [3.63, 3.8) is 0 Å². The summed E-state index contributed by atoms with van der Waals surface area (Å²) in [6.45, 7) is 0.658. The maximum absolute atomic E-state index is 6.08. The fraction of sp³-hybridized carbons (Fsp3) is 0.250. The molecule has 0 aliphatic heterocycles. The molecule has 0 radical (unpaired) electrons. The van der Waals surface area contributed by atoms with Gasteiger partial charge in [0.1, 0.15) is 5.75 Å². The molecule has 0 saturated carbocycles. The van der Waals surface area contributed by atoms with Crippen molar-refractivity contribution in [1.82, 2.24) is 0 Å². The third kappa shape index (κ3) is 4.80. The molecule has 0 aliphatic carbocycles. The van der Waals surface area contributed by atoms with E-state index in [0.29, 0.717) is 18.4 Å². The largest absolute Gasteiger partial charge is 0.494 e. The molecule has 1 nitrogen and oxygen atoms in total. The van der Waals surface area contributed by atoms with Crippen molar-refractivity contribution in [2.45, 2.75) is 12.3 Å². The van der Waals surface area contributed by atoms with Crippen LogP contribution in [0, 0.1) is 0 Å². The standard InChI is InChI=1S/C16H15Br2ClO/c17-14-4-6-16(7-5-14)20-9-8-13(11-19)12-2-1-3-15(18)10-12/h1-7,10,13H,8-9,11H2. The SMILES string of the molecule is ClCC(CCOc1ccc(Br)cc1)c1cccc(Br)c1. The smallest absolute Gasteiger partial charge is 0.119 e. The predicted octanol–water partition coefficient (Wildman–Crippen LogP) is 6.00. The van der Waals surface area contributed by atoms with Gasteiger partial charge in [-0.1, -0.05) is 44.0 Å². The topological polar surface area (TPSA) is 9.23 Å². The van der Waals surface area contributed by atoms with Crippen molar-refractivity contribution >= 4 is 43.5 Å². The first-order chi connectivity index (χ1) is 9.69. The zero-order valence-corrected chi connectivity index (χ0v) is 14.8. The van der Waals surface area contributed by atoms with E-state index in [2.05, 4.69) is 44.0 Å². The Morgan fingerprint density at radius 2 is 1.75 bits per heavy atom. The molecule has 0 fully saturated rings. The second-order valence-corrected chi connectivity index (χ2v) is 6.64. The minimum absolute atomic E-state index is 0.310. The highest BCUT2D eigenvalue weighted by atomic mass is 79.9. The number of rotatable bonds is 6. The predicted molar refractivity (Wildman–Crippen MR) is 91.9 cm³/mol. The van der Waals surface area contributed by atoms with Gasteiger partial charge in [0.25, 0.3) is 0 Å². The Morgan fingerprint density at radius 3 is 2.40 bits per heavy atom. The van der Waals surface area contributed by atoms with Crippen molar-refractivity contribution in [2.75, 3.05) is 12.5 Å². The Morgan fingerprint density at radius 1 is 1.00 bits per heavy atom. The minimum Gasteiger partial charge on any atom is -0.494 e. The summed E-state index contributed by atoms with van der Waals surface area (Å²) in [4.78, 5) is 0. The first kappa shape index (κ1) is 15.9. The molecule has 0 bridgehead atoms. The van der Waals surface area contributed by atoms with Crippen molar-refractivity contribution in [3.05, 3.63) is 63.0 Å². The van der Waals surface area contributed by atoms with E-state index in [0.717, 1.165) is 21.1 Å². The maximum atomic E-state index is 6.08. The summed E-state index contributed by atoms with van der Waals surface area (Å²) in [6.07, 6.45) is 0.899. The van der Waals surface area contributed by atoms with Crippen LogP contribution in [0.3, 0.4) is 0 Å². The van der Waals surface area contributed by atoms with Crippen molar-refractivity contribution < 1.29 is 4.74 Å². The van der Waals surface area contributed by atoms with Gasteiger partial charge in [-0.25, -0.2) is 0 Å². The fourth-order valence-electron chi connectivity index (χ4n) is 1.94. The normalized spacial score (nSPS) is 12.2. The van der Waals surface area contributed by atoms with Crippen molar-refractivity contribution in [3.8, 4) is 5.75 Å². The summed E-state index contributed by atoms with van der Waals surface area (Å²) in [5.41, 5.74) is 1.24. The molecule has 0 heterocycles. The molecule has 2 aromatic rings. The highest BCUT2D eigenvalue weighted by molar-refractivity contribution is 9.10. The highest BCUT2D eigenvalue weighted by Crippen LogP contribution is 2.25. The Bertz CT molecular complexity index is 542. The van der Waals surface area contributed by atoms with Crippen LogP contribution in [-0.2, 0) is 0 Å². The average molecular weight is 419 g/mol. The van der Waals surface area contributed by atoms with Gasteiger partial charge in [-0.2, -0.15) is 0 Å². The Labute approximate surface area is 141 Å². The lowest BCUT2D eigenvalue weighted by Gasteiger charge is -2.15. The summed E-state index contributed by atoms with van der Waals surface area (Å²) < 4.78 is 7.89. The number of halogens is 3. The second-order valence-electron chi connectivity index (χ2n) is 4.50. The summed E-state index contributed by atoms with van der Waals surface area (Å²) in [5, 5.41) is 0. The van der Waals surface area contributed by atoms with E-state index >= 15 is 0 Å². The van der Waals surface area contributed by atoms with Crippen LogP contribution in [0.5, 0.6) is 5.75 Å². The van der Waals surface area contributed by atoms with E-state index in [1.807, 2.05) is 36.4 Å². The Hall–Kier alpha value is -0.510. The van der Waals surface area contributed by atoms with Crippen LogP contribution < -0.4 is 4.74 Å². The minimum atomic E-state index is 0.310.